The molecule has 2 aliphatic rings. The molecule has 1 heterocycles. The highest BCUT2D eigenvalue weighted by atomic mass is 16.5. The molecule has 136 valence electrons. The Bertz CT molecular complexity index is 609. The van der Waals surface area contributed by atoms with Gasteiger partial charge in [0.15, 0.2) is 5.78 Å². The fraction of sp³-hybridized carbons (Fsp3) is 0.600. The average Bonchev–Trinajstić information content (AvgIpc) is 2.66. The molecule has 0 saturated carbocycles. The SMILES string of the molecule is O=C(CCC(=O)c1ccc2c(c1)CCCC2)NCCN1CCOCC1. The van der Waals surface area contributed by atoms with Gasteiger partial charge in [-0.3, -0.25) is 14.5 Å². The Morgan fingerprint density at radius 2 is 1.80 bits per heavy atom. The summed E-state index contributed by atoms with van der Waals surface area (Å²) in [5.74, 6) is 0.0243. The molecule has 1 saturated heterocycles. The third kappa shape index (κ3) is 5.38. The van der Waals surface area contributed by atoms with E-state index in [0.29, 0.717) is 6.54 Å². The van der Waals surface area contributed by atoms with Gasteiger partial charge in [-0.05, 0) is 42.9 Å². The number of ether oxygens (including phenoxy) is 1. The zero-order chi connectivity index (χ0) is 17.5. The molecule has 3 rings (SSSR count). The Morgan fingerprint density at radius 3 is 2.60 bits per heavy atom. The first-order valence-electron chi connectivity index (χ1n) is 9.44. The lowest BCUT2D eigenvalue weighted by atomic mass is 9.89. The predicted octanol–water partition coefficient (Wildman–Crippen LogP) is 1.98. The molecule has 0 unspecified atom stereocenters. The van der Waals surface area contributed by atoms with Gasteiger partial charge in [0.1, 0.15) is 0 Å². The number of morpholine rings is 1. The number of amides is 1. The topological polar surface area (TPSA) is 58.6 Å². The molecule has 1 fully saturated rings. The summed E-state index contributed by atoms with van der Waals surface area (Å²) in [6.45, 7) is 4.85. The Hall–Kier alpha value is -1.72. The van der Waals surface area contributed by atoms with Gasteiger partial charge in [-0.15, -0.1) is 0 Å². The van der Waals surface area contributed by atoms with Crippen LogP contribution in [0.25, 0.3) is 0 Å². The van der Waals surface area contributed by atoms with Gasteiger partial charge in [0.05, 0.1) is 13.2 Å². The highest BCUT2D eigenvalue weighted by Crippen LogP contribution is 2.22. The molecule has 1 aliphatic heterocycles. The summed E-state index contributed by atoms with van der Waals surface area (Å²) in [6, 6.07) is 6.04. The number of rotatable bonds is 7. The van der Waals surface area contributed by atoms with Crippen LogP contribution < -0.4 is 5.32 Å². The van der Waals surface area contributed by atoms with Gasteiger partial charge < -0.3 is 10.1 Å². The summed E-state index contributed by atoms with van der Waals surface area (Å²) in [5, 5.41) is 2.91. The van der Waals surface area contributed by atoms with Gasteiger partial charge in [0.25, 0.3) is 0 Å². The number of nitrogens with one attached hydrogen (secondary N) is 1. The maximum absolute atomic E-state index is 12.4. The fourth-order valence-corrected chi connectivity index (χ4v) is 3.54. The number of Topliss-reactive ketones (excluding diaryl/α,β-unsaturated/α-hetero) is 1. The molecule has 1 amide bonds. The molecule has 1 aromatic carbocycles. The molecule has 1 aromatic rings. The van der Waals surface area contributed by atoms with Gasteiger partial charge in [0.2, 0.25) is 5.91 Å². The summed E-state index contributed by atoms with van der Waals surface area (Å²) in [6.07, 6.45) is 5.18. The second kappa shape index (κ2) is 9.11. The highest BCUT2D eigenvalue weighted by Gasteiger charge is 2.14. The molecule has 0 atom stereocenters. The molecule has 0 radical (unpaired) electrons. The van der Waals surface area contributed by atoms with E-state index in [0.717, 1.165) is 51.3 Å². The molecular weight excluding hydrogens is 316 g/mol. The molecule has 1 N–H and O–H groups in total. The fourth-order valence-electron chi connectivity index (χ4n) is 3.54. The van der Waals surface area contributed by atoms with Crippen LogP contribution in [0.3, 0.4) is 0 Å². The number of carbonyl (C=O) groups excluding carboxylic acids is 2. The monoisotopic (exact) mass is 344 g/mol. The Kier molecular flexibility index (Phi) is 6.59. The van der Waals surface area contributed by atoms with Gasteiger partial charge in [-0.25, -0.2) is 0 Å². The zero-order valence-electron chi connectivity index (χ0n) is 14.9. The second-order valence-electron chi connectivity index (χ2n) is 6.92. The molecule has 5 heteroatoms. The summed E-state index contributed by atoms with van der Waals surface area (Å²) >= 11 is 0. The smallest absolute Gasteiger partial charge is 0.220 e. The van der Waals surface area contributed by atoms with Crippen LogP contribution in [0.2, 0.25) is 0 Å². The summed E-state index contributed by atoms with van der Waals surface area (Å²) in [7, 11) is 0. The number of benzene rings is 1. The minimum atomic E-state index is -0.0421. The van der Waals surface area contributed by atoms with Crippen molar-refractivity contribution >= 4 is 11.7 Å². The minimum Gasteiger partial charge on any atom is -0.379 e. The third-order valence-corrected chi connectivity index (χ3v) is 5.10. The lowest BCUT2D eigenvalue weighted by Gasteiger charge is -2.26. The summed E-state index contributed by atoms with van der Waals surface area (Å²) in [4.78, 5) is 26.6. The summed E-state index contributed by atoms with van der Waals surface area (Å²) < 4.78 is 5.30. The number of nitrogens with zero attached hydrogens (tertiary/aromatic N) is 1. The molecule has 0 spiro atoms. The van der Waals surface area contributed by atoms with Crippen molar-refractivity contribution in [2.75, 3.05) is 39.4 Å². The first kappa shape index (κ1) is 18.1. The van der Waals surface area contributed by atoms with Crippen LogP contribution in [0.5, 0.6) is 0 Å². The van der Waals surface area contributed by atoms with Crippen LogP contribution in [-0.2, 0) is 22.4 Å². The van der Waals surface area contributed by atoms with E-state index in [9.17, 15) is 9.59 Å². The van der Waals surface area contributed by atoms with E-state index in [1.807, 2.05) is 12.1 Å². The lowest BCUT2D eigenvalue weighted by Crippen LogP contribution is -2.41. The van der Waals surface area contributed by atoms with E-state index in [1.165, 1.54) is 24.0 Å². The van der Waals surface area contributed by atoms with E-state index in [1.54, 1.807) is 0 Å². The number of ketones is 1. The number of hydrogen-bond acceptors (Lipinski definition) is 4. The highest BCUT2D eigenvalue weighted by molar-refractivity contribution is 5.98. The third-order valence-electron chi connectivity index (χ3n) is 5.10. The molecular formula is C20H28N2O3. The van der Waals surface area contributed by atoms with Crippen LogP contribution in [0.1, 0.15) is 47.2 Å². The van der Waals surface area contributed by atoms with Crippen molar-refractivity contribution in [1.29, 1.82) is 0 Å². The Morgan fingerprint density at radius 1 is 1.04 bits per heavy atom. The van der Waals surface area contributed by atoms with Crippen LogP contribution in [0.4, 0.5) is 0 Å². The van der Waals surface area contributed by atoms with Crippen LogP contribution >= 0.6 is 0 Å². The normalized spacial score (nSPS) is 17.8. The van der Waals surface area contributed by atoms with Crippen molar-refractivity contribution < 1.29 is 14.3 Å². The van der Waals surface area contributed by atoms with Gasteiger partial charge in [-0.2, -0.15) is 0 Å². The van der Waals surface area contributed by atoms with E-state index < -0.39 is 0 Å². The van der Waals surface area contributed by atoms with Crippen molar-refractivity contribution in [1.82, 2.24) is 10.2 Å². The summed E-state index contributed by atoms with van der Waals surface area (Å²) in [5.41, 5.74) is 3.44. The van der Waals surface area contributed by atoms with Crippen LogP contribution in [0.15, 0.2) is 18.2 Å². The number of carbonyl (C=O) groups is 2. The zero-order valence-corrected chi connectivity index (χ0v) is 14.9. The maximum atomic E-state index is 12.4. The molecule has 25 heavy (non-hydrogen) atoms. The predicted molar refractivity (Wildman–Crippen MR) is 96.9 cm³/mol. The van der Waals surface area contributed by atoms with Crippen molar-refractivity contribution in [2.45, 2.75) is 38.5 Å². The molecule has 5 nitrogen and oxygen atoms in total. The van der Waals surface area contributed by atoms with Gasteiger partial charge >= 0.3 is 0 Å². The van der Waals surface area contributed by atoms with Crippen molar-refractivity contribution in [3.8, 4) is 0 Å². The number of fused-ring (bicyclic) bond motifs is 1. The lowest BCUT2D eigenvalue weighted by molar-refractivity contribution is -0.121. The average molecular weight is 344 g/mol. The standard InChI is InChI=1S/C20H28N2O3/c23-19(18-6-5-16-3-1-2-4-17(16)15-18)7-8-20(24)21-9-10-22-11-13-25-14-12-22/h5-6,15H,1-4,7-14H2,(H,21,24). The Balaban J connectivity index is 1.38. The molecule has 0 bridgehead atoms. The first-order valence-corrected chi connectivity index (χ1v) is 9.44. The van der Waals surface area contributed by atoms with E-state index >= 15 is 0 Å². The van der Waals surface area contributed by atoms with E-state index in [-0.39, 0.29) is 24.5 Å². The van der Waals surface area contributed by atoms with Gasteiger partial charge in [-0.1, -0.05) is 12.1 Å². The maximum Gasteiger partial charge on any atom is 0.220 e. The number of aryl methyl sites for hydroxylation is 2. The van der Waals surface area contributed by atoms with E-state index in [4.69, 9.17) is 4.74 Å². The van der Waals surface area contributed by atoms with Crippen LogP contribution in [0, 0.1) is 0 Å². The largest absolute Gasteiger partial charge is 0.379 e. The van der Waals surface area contributed by atoms with E-state index in [2.05, 4.69) is 16.3 Å². The first-order chi connectivity index (χ1) is 12.2. The second-order valence-corrected chi connectivity index (χ2v) is 6.92. The van der Waals surface area contributed by atoms with Crippen LogP contribution in [-0.4, -0.2) is 56.0 Å². The van der Waals surface area contributed by atoms with Crippen molar-refractivity contribution in [3.05, 3.63) is 34.9 Å². The van der Waals surface area contributed by atoms with Crippen molar-refractivity contribution in [3.63, 3.8) is 0 Å². The molecule has 1 aliphatic carbocycles. The van der Waals surface area contributed by atoms with Gasteiger partial charge in [0, 0.05) is 44.6 Å². The van der Waals surface area contributed by atoms with Crippen molar-refractivity contribution in [2.24, 2.45) is 0 Å². The minimum absolute atomic E-state index is 0.0421. The quantitative estimate of drug-likeness (QED) is 0.769. The molecule has 0 aromatic heterocycles. The Labute approximate surface area is 149 Å². The number of hydrogen-bond donors (Lipinski definition) is 1.